The van der Waals surface area contributed by atoms with Crippen LogP contribution < -0.4 is 5.73 Å². The van der Waals surface area contributed by atoms with E-state index in [2.05, 4.69) is 0 Å². The molecule has 0 aliphatic rings. The van der Waals surface area contributed by atoms with Gasteiger partial charge in [0, 0.05) is 7.05 Å². The lowest BCUT2D eigenvalue weighted by atomic mass is 10.0. The third-order valence-electron chi connectivity index (χ3n) is 1.73. The Morgan fingerprint density at radius 3 is 2.42 bits per heavy atom. The van der Waals surface area contributed by atoms with Crippen molar-refractivity contribution in [1.29, 1.82) is 0 Å². The summed E-state index contributed by atoms with van der Waals surface area (Å²) in [6.07, 6.45) is 0.685. The maximum absolute atomic E-state index is 11.3. The third-order valence-corrected chi connectivity index (χ3v) is 1.73. The molecule has 0 bridgehead atoms. The first-order chi connectivity index (χ1) is 5.50. The number of nitrogens with zero attached hydrogens (tertiary/aromatic N) is 1. The van der Waals surface area contributed by atoms with Crippen molar-refractivity contribution in [2.75, 3.05) is 13.6 Å². The Hall–Kier alpha value is -0.900. The van der Waals surface area contributed by atoms with Crippen LogP contribution in [0.25, 0.3) is 0 Å². The highest BCUT2D eigenvalue weighted by Crippen LogP contribution is 2.01. The van der Waals surface area contributed by atoms with Crippen LogP contribution in [0, 0.1) is 5.92 Å². The van der Waals surface area contributed by atoms with Gasteiger partial charge in [-0.05, 0) is 5.92 Å². The predicted octanol–water partition coefficient (Wildman–Crippen LogP) is -0.373. The van der Waals surface area contributed by atoms with Crippen molar-refractivity contribution < 1.29 is 9.59 Å². The standard InChI is InChI=1S/C8H16N2O2/c1-6(2)7(9)8(12)10(3)4-5-11/h5-7H,4,9H2,1-3H3/t7-/m0/s1. The molecule has 0 aliphatic carbocycles. The van der Waals surface area contributed by atoms with Crippen LogP contribution in [0.2, 0.25) is 0 Å². The van der Waals surface area contributed by atoms with Gasteiger partial charge in [-0.25, -0.2) is 0 Å². The van der Waals surface area contributed by atoms with Crippen LogP contribution in [0.15, 0.2) is 0 Å². The van der Waals surface area contributed by atoms with Crippen molar-refractivity contribution in [2.45, 2.75) is 19.9 Å². The zero-order valence-corrected chi connectivity index (χ0v) is 7.78. The van der Waals surface area contributed by atoms with Crippen LogP contribution in [0.3, 0.4) is 0 Å². The molecule has 0 heterocycles. The Bertz CT molecular complexity index is 168. The Morgan fingerprint density at radius 2 is 2.08 bits per heavy atom. The van der Waals surface area contributed by atoms with E-state index in [4.69, 9.17) is 5.73 Å². The van der Waals surface area contributed by atoms with Gasteiger partial charge in [-0.3, -0.25) is 4.79 Å². The molecule has 0 saturated heterocycles. The van der Waals surface area contributed by atoms with E-state index >= 15 is 0 Å². The molecule has 0 radical (unpaired) electrons. The minimum Gasteiger partial charge on any atom is -0.337 e. The number of hydrogen-bond acceptors (Lipinski definition) is 3. The second kappa shape index (κ2) is 4.87. The molecule has 0 unspecified atom stereocenters. The molecule has 70 valence electrons. The van der Waals surface area contributed by atoms with Gasteiger partial charge in [0.05, 0.1) is 12.6 Å². The second-order valence-electron chi connectivity index (χ2n) is 3.16. The summed E-state index contributed by atoms with van der Waals surface area (Å²) in [6, 6.07) is -0.505. The minimum absolute atomic E-state index is 0.103. The highest BCUT2D eigenvalue weighted by molar-refractivity contribution is 5.83. The summed E-state index contributed by atoms with van der Waals surface area (Å²) >= 11 is 0. The van der Waals surface area contributed by atoms with Gasteiger partial charge < -0.3 is 15.4 Å². The van der Waals surface area contributed by atoms with Crippen molar-refractivity contribution in [3.05, 3.63) is 0 Å². The molecular formula is C8H16N2O2. The highest BCUT2D eigenvalue weighted by Gasteiger charge is 2.20. The van der Waals surface area contributed by atoms with Gasteiger partial charge >= 0.3 is 0 Å². The SMILES string of the molecule is CC(C)[C@H](N)C(=O)N(C)CC=O. The highest BCUT2D eigenvalue weighted by atomic mass is 16.2. The summed E-state index contributed by atoms with van der Waals surface area (Å²) in [5, 5.41) is 0. The monoisotopic (exact) mass is 172 g/mol. The first-order valence-corrected chi connectivity index (χ1v) is 3.95. The number of carbonyl (C=O) groups is 2. The van der Waals surface area contributed by atoms with Gasteiger partial charge in [0.15, 0.2) is 0 Å². The lowest BCUT2D eigenvalue weighted by Gasteiger charge is -2.21. The molecule has 1 amide bonds. The molecule has 12 heavy (non-hydrogen) atoms. The molecule has 4 heteroatoms. The Kier molecular flexibility index (Phi) is 4.51. The molecule has 0 aromatic heterocycles. The van der Waals surface area contributed by atoms with Gasteiger partial charge in [0.1, 0.15) is 6.29 Å². The maximum Gasteiger partial charge on any atom is 0.239 e. The molecule has 4 nitrogen and oxygen atoms in total. The van der Waals surface area contributed by atoms with Crippen LogP contribution in [0.1, 0.15) is 13.8 Å². The quantitative estimate of drug-likeness (QED) is 0.588. The molecule has 0 spiro atoms. The van der Waals surface area contributed by atoms with Gasteiger partial charge in [0.2, 0.25) is 5.91 Å². The van der Waals surface area contributed by atoms with Crippen LogP contribution in [0.4, 0.5) is 0 Å². The van der Waals surface area contributed by atoms with Crippen molar-refractivity contribution in [3.63, 3.8) is 0 Å². The molecule has 0 fully saturated rings. The third kappa shape index (κ3) is 3.00. The van der Waals surface area contributed by atoms with E-state index in [-0.39, 0.29) is 18.4 Å². The molecule has 0 aliphatic heterocycles. The average molecular weight is 172 g/mol. The van der Waals surface area contributed by atoms with E-state index in [1.54, 1.807) is 7.05 Å². The number of carbonyl (C=O) groups excluding carboxylic acids is 2. The normalized spacial score (nSPS) is 12.8. The van der Waals surface area contributed by atoms with E-state index in [0.29, 0.717) is 6.29 Å². The first-order valence-electron chi connectivity index (χ1n) is 3.95. The largest absolute Gasteiger partial charge is 0.337 e. The van der Waals surface area contributed by atoms with Crippen LogP contribution in [0.5, 0.6) is 0 Å². The van der Waals surface area contributed by atoms with E-state index < -0.39 is 6.04 Å². The zero-order valence-electron chi connectivity index (χ0n) is 7.78. The zero-order chi connectivity index (χ0) is 9.72. The van der Waals surface area contributed by atoms with Gasteiger partial charge in [0.25, 0.3) is 0 Å². The fraction of sp³-hybridized carbons (Fsp3) is 0.750. The Balaban J connectivity index is 4.08. The van der Waals surface area contributed by atoms with Crippen LogP contribution >= 0.6 is 0 Å². The minimum atomic E-state index is -0.505. The smallest absolute Gasteiger partial charge is 0.239 e. The second-order valence-corrected chi connectivity index (χ2v) is 3.16. The molecule has 0 aromatic rings. The van der Waals surface area contributed by atoms with Crippen LogP contribution in [-0.2, 0) is 9.59 Å². The molecule has 0 saturated carbocycles. The maximum atomic E-state index is 11.3. The van der Waals surface area contributed by atoms with Crippen molar-refractivity contribution in [3.8, 4) is 0 Å². The fourth-order valence-corrected chi connectivity index (χ4v) is 0.741. The van der Waals surface area contributed by atoms with E-state index in [1.165, 1.54) is 4.90 Å². The summed E-state index contributed by atoms with van der Waals surface area (Å²) in [7, 11) is 1.57. The number of amides is 1. The van der Waals surface area contributed by atoms with E-state index in [9.17, 15) is 9.59 Å². The van der Waals surface area contributed by atoms with Crippen molar-refractivity contribution in [2.24, 2.45) is 11.7 Å². The number of hydrogen-bond donors (Lipinski definition) is 1. The number of rotatable bonds is 4. The lowest BCUT2D eigenvalue weighted by Crippen LogP contribution is -2.45. The Labute approximate surface area is 72.7 Å². The van der Waals surface area contributed by atoms with Gasteiger partial charge in [-0.1, -0.05) is 13.8 Å². The molecule has 1 atom stereocenters. The lowest BCUT2D eigenvalue weighted by molar-refractivity contribution is -0.133. The summed E-state index contributed by atoms with van der Waals surface area (Å²) in [5.41, 5.74) is 5.58. The summed E-state index contributed by atoms with van der Waals surface area (Å²) in [4.78, 5) is 22.7. The number of aldehydes is 1. The summed E-state index contributed by atoms with van der Waals surface area (Å²) in [6.45, 7) is 3.86. The number of nitrogens with two attached hydrogens (primary N) is 1. The summed E-state index contributed by atoms with van der Waals surface area (Å²) in [5.74, 6) is -0.0799. The van der Waals surface area contributed by atoms with E-state index in [0.717, 1.165) is 0 Å². The fourth-order valence-electron chi connectivity index (χ4n) is 0.741. The average Bonchev–Trinajstić information content (AvgIpc) is 2.02. The number of likely N-dealkylation sites (N-methyl/N-ethyl adjacent to an activating group) is 1. The first kappa shape index (κ1) is 11.1. The van der Waals surface area contributed by atoms with E-state index in [1.807, 2.05) is 13.8 Å². The molecule has 0 rings (SSSR count). The molecule has 2 N–H and O–H groups in total. The molecular weight excluding hydrogens is 156 g/mol. The van der Waals surface area contributed by atoms with Crippen molar-refractivity contribution in [1.82, 2.24) is 4.90 Å². The van der Waals surface area contributed by atoms with Gasteiger partial charge in [-0.2, -0.15) is 0 Å². The molecule has 0 aromatic carbocycles. The van der Waals surface area contributed by atoms with Crippen LogP contribution in [-0.4, -0.2) is 36.7 Å². The van der Waals surface area contributed by atoms with Crippen molar-refractivity contribution >= 4 is 12.2 Å². The van der Waals surface area contributed by atoms with Gasteiger partial charge in [-0.15, -0.1) is 0 Å². The summed E-state index contributed by atoms with van der Waals surface area (Å²) < 4.78 is 0. The topological polar surface area (TPSA) is 63.4 Å². The predicted molar refractivity (Wildman–Crippen MR) is 46.5 cm³/mol. The Morgan fingerprint density at radius 1 is 1.58 bits per heavy atom.